The van der Waals surface area contributed by atoms with Gasteiger partial charge in [-0.25, -0.2) is 4.98 Å². The van der Waals surface area contributed by atoms with E-state index in [0.29, 0.717) is 0 Å². The molecule has 0 aliphatic rings. The quantitative estimate of drug-likeness (QED) is 0.768. The van der Waals surface area contributed by atoms with Crippen LogP contribution in [0.5, 0.6) is 0 Å². The summed E-state index contributed by atoms with van der Waals surface area (Å²) < 4.78 is 8.93. The van der Waals surface area contributed by atoms with Gasteiger partial charge >= 0.3 is 0 Å². The molecule has 0 radical (unpaired) electrons. The van der Waals surface area contributed by atoms with Crippen molar-refractivity contribution in [2.45, 2.75) is 19.9 Å². The van der Waals surface area contributed by atoms with Crippen LogP contribution in [0.4, 0.5) is 5.95 Å². The van der Waals surface area contributed by atoms with Crippen LogP contribution in [0.3, 0.4) is 0 Å². The summed E-state index contributed by atoms with van der Waals surface area (Å²) in [5.74, 6) is 0.888. The van der Waals surface area contributed by atoms with Gasteiger partial charge < -0.3 is 14.6 Å². The fourth-order valence-corrected chi connectivity index (χ4v) is 1.95. The maximum absolute atomic E-state index is 5.03. The lowest BCUT2D eigenvalue weighted by Crippen LogP contribution is -2.11. The molecule has 6 nitrogen and oxygen atoms in total. The smallest absolute Gasteiger partial charge is 0.203 e. The van der Waals surface area contributed by atoms with E-state index in [2.05, 4.69) is 20.0 Å². The summed E-state index contributed by atoms with van der Waals surface area (Å²) in [6.07, 6.45) is 4.95. The Morgan fingerprint density at radius 1 is 1.42 bits per heavy atom. The van der Waals surface area contributed by atoms with Gasteiger partial charge in [-0.15, -0.1) is 0 Å². The fraction of sp³-hybridized carbons (Fsp3) is 0.538. The van der Waals surface area contributed by atoms with E-state index in [-0.39, 0.29) is 0 Å². The van der Waals surface area contributed by atoms with Gasteiger partial charge in [-0.3, -0.25) is 4.68 Å². The first kappa shape index (κ1) is 13.6. The number of methoxy groups -OCH3 is 1. The van der Waals surface area contributed by atoms with Crippen LogP contribution in [0.25, 0.3) is 0 Å². The number of aryl methyl sites for hydroxylation is 2. The molecule has 2 heterocycles. The van der Waals surface area contributed by atoms with Gasteiger partial charge in [0.1, 0.15) is 0 Å². The summed E-state index contributed by atoms with van der Waals surface area (Å²) >= 11 is 0. The van der Waals surface area contributed by atoms with E-state index in [1.807, 2.05) is 37.1 Å². The average Bonchev–Trinajstić information content (AvgIpc) is 2.92. The van der Waals surface area contributed by atoms with Gasteiger partial charge in [-0.2, -0.15) is 5.10 Å². The molecule has 0 amide bonds. The van der Waals surface area contributed by atoms with Gasteiger partial charge in [-0.1, -0.05) is 0 Å². The van der Waals surface area contributed by atoms with E-state index in [0.717, 1.165) is 43.5 Å². The van der Waals surface area contributed by atoms with Gasteiger partial charge in [0.05, 0.1) is 17.9 Å². The molecule has 0 aliphatic carbocycles. The first-order valence-corrected chi connectivity index (χ1v) is 6.44. The number of hydrogen-bond donors (Lipinski definition) is 1. The second-order valence-electron chi connectivity index (χ2n) is 4.59. The van der Waals surface area contributed by atoms with Crippen LogP contribution in [-0.2, 0) is 18.3 Å². The Hall–Kier alpha value is -1.82. The second kappa shape index (κ2) is 6.38. The molecule has 0 aromatic carbocycles. The third-order valence-electron chi connectivity index (χ3n) is 2.81. The van der Waals surface area contributed by atoms with Gasteiger partial charge in [0.15, 0.2) is 0 Å². The average molecular weight is 263 g/mol. The van der Waals surface area contributed by atoms with Crippen molar-refractivity contribution in [3.63, 3.8) is 0 Å². The van der Waals surface area contributed by atoms with Crippen molar-refractivity contribution in [1.29, 1.82) is 0 Å². The first-order chi connectivity index (χ1) is 9.19. The number of aromatic nitrogens is 4. The van der Waals surface area contributed by atoms with Crippen molar-refractivity contribution in [2.75, 3.05) is 25.6 Å². The number of anilines is 1. The monoisotopic (exact) mass is 263 g/mol. The molecule has 2 aromatic heterocycles. The van der Waals surface area contributed by atoms with Crippen LogP contribution in [0, 0.1) is 6.92 Å². The highest BCUT2D eigenvalue weighted by Gasteiger charge is 2.07. The van der Waals surface area contributed by atoms with Crippen molar-refractivity contribution >= 4 is 5.95 Å². The Morgan fingerprint density at radius 2 is 2.26 bits per heavy atom. The van der Waals surface area contributed by atoms with Gasteiger partial charge in [0.2, 0.25) is 5.95 Å². The van der Waals surface area contributed by atoms with Crippen molar-refractivity contribution in [3.8, 4) is 0 Å². The predicted molar refractivity (Wildman–Crippen MR) is 74.3 cm³/mol. The molecule has 0 bridgehead atoms. The zero-order chi connectivity index (χ0) is 13.7. The molecule has 0 unspecified atom stereocenters. The standard InChI is InChI=1S/C13H21N5O/c1-11-9-18(10-12-5-7-17(2)16-12)13(15-11)14-6-4-8-19-3/h5,7,9H,4,6,8,10H2,1-3H3,(H,14,15). The van der Waals surface area contributed by atoms with E-state index in [9.17, 15) is 0 Å². The van der Waals surface area contributed by atoms with E-state index in [1.165, 1.54) is 0 Å². The van der Waals surface area contributed by atoms with Crippen molar-refractivity contribution in [1.82, 2.24) is 19.3 Å². The third kappa shape index (κ3) is 3.82. The number of imidazole rings is 1. The molecule has 0 atom stereocenters. The zero-order valence-electron chi connectivity index (χ0n) is 11.8. The first-order valence-electron chi connectivity index (χ1n) is 6.44. The highest BCUT2D eigenvalue weighted by molar-refractivity contribution is 5.29. The van der Waals surface area contributed by atoms with Crippen LogP contribution in [0.2, 0.25) is 0 Å². The molecule has 2 rings (SSSR count). The molecule has 1 N–H and O–H groups in total. The molecule has 0 aliphatic heterocycles. The summed E-state index contributed by atoms with van der Waals surface area (Å²) in [7, 11) is 3.64. The molecular formula is C13H21N5O. The minimum absolute atomic E-state index is 0.730. The Balaban J connectivity index is 1.99. The topological polar surface area (TPSA) is 56.9 Å². The molecule has 6 heteroatoms. The number of rotatable bonds is 7. The Morgan fingerprint density at radius 3 is 2.95 bits per heavy atom. The van der Waals surface area contributed by atoms with Crippen molar-refractivity contribution in [3.05, 3.63) is 29.8 Å². The normalized spacial score (nSPS) is 10.9. The lowest BCUT2D eigenvalue weighted by atomic mass is 10.4. The minimum atomic E-state index is 0.730. The Kier molecular flexibility index (Phi) is 4.57. The fourth-order valence-electron chi connectivity index (χ4n) is 1.95. The summed E-state index contributed by atoms with van der Waals surface area (Å²) in [5, 5.41) is 7.72. The summed E-state index contributed by atoms with van der Waals surface area (Å²) in [6.45, 7) is 4.34. The molecular weight excluding hydrogens is 242 g/mol. The number of nitrogens with zero attached hydrogens (tertiary/aromatic N) is 4. The van der Waals surface area contributed by atoms with E-state index < -0.39 is 0 Å². The highest BCUT2D eigenvalue weighted by Crippen LogP contribution is 2.11. The maximum Gasteiger partial charge on any atom is 0.203 e. The second-order valence-corrected chi connectivity index (χ2v) is 4.59. The molecule has 19 heavy (non-hydrogen) atoms. The van der Waals surface area contributed by atoms with Crippen molar-refractivity contribution in [2.24, 2.45) is 7.05 Å². The van der Waals surface area contributed by atoms with Crippen LogP contribution in [-0.4, -0.2) is 39.6 Å². The van der Waals surface area contributed by atoms with Gasteiger partial charge in [0, 0.05) is 39.7 Å². The lowest BCUT2D eigenvalue weighted by molar-refractivity contribution is 0.197. The Labute approximate surface area is 113 Å². The third-order valence-corrected chi connectivity index (χ3v) is 2.81. The van der Waals surface area contributed by atoms with Crippen LogP contribution >= 0.6 is 0 Å². The number of hydrogen-bond acceptors (Lipinski definition) is 4. The molecule has 2 aromatic rings. The molecule has 0 spiro atoms. The highest BCUT2D eigenvalue weighted by atomic mass is 16.5. The predicted octanol–water partition coefficient (Wildman–Crippen LogP) is 1.42. The van der Waals surface area contributed by atoms with E-state index in [4.69, 9.17) is 4.74 Å². The Bertz CT molecular complexity index is 517. The molecule has 0 fully saturated rings. The van der Waals surface area contributed by atoms with Crippen LogP contribution in [0.1, 0.15) is 17.8 Å². The minimum Gasteiger partial charge on any atom is -0.385 e. The van der Waals surface area contributed by atoms with Gasteiger partial charge in [0.25, 0.3) is 0 Å². The lowest BCUT2D eigenvalue weighted by Gasteiger charge is -2.08. The summed E-state index contributed by atoms with van der Waals surface area (Å²) in [4.78, 5) is 4.49. The van der Waals surface area contributed by atoms with E-state index in [1.54, 1.807) is 7.11 Å². The van der Waals surface area contributed by atoms with E-state index >= 15 is 0 Å². The molecule has 0 saturated carbocycles. The SMILES string of the molecule is COCCCNc1nc(C)cn1Cc1ccn(C)n1. The largest absolute Gasteiger partial charge is 0.385 e. The van der Waals surface area contributed by atoms with Crippen LogP contribution < -0.4 is 5.32 Å². The molecule has 104 valence electrons. The zero-order valence-corrected chi connectivity index (χ0v) is 11.8. The number of ether oxygens (including phenoxy) is 1. The maximum atomic E-state index is 5.03. The van der Waals surface area contributed by atoms with Crippen LogP contribution in [0.15, 0.2) is 18.5 Å². The van der Waals surface area contributed by atoms with Crippen molar-refractivity contribution < 1.29 is 4.74 Å². The van der Waals surface area contributed by atoms with Gasteiger partial charge in [-0.05, 0) is 19.4 Å². The molecule has 0 saturated heterocycles. The summed E-state index contributed by atoms with van der Waals surface area (Å²) in [5.41, 5.74) is 2.03. The summed E-state index contributed by atoms with van der Waals surface area (Å²) in [6, 6.07) is 2.02. The number of nitrogens with one attached hydrogen (secondary N) is 1.